The molecule has 1 atom stereocenters. The predicted molar refractivity (Wildman–Crippen MR) is 155 cm³/mol. The SMILES string of the molecule is COC(=O)Cc1ccc2c(c1)NC(=O)CCCCC[C@H](C(=O)N1CCC3(CC1)OC(=O)Nc1ccc(Cl)c(F)c13)CC2=O. The Bertz CT molecular complexity index is 1470. The first kappa shape index (κ1) is 30.5. The number of benzene rings is 2. The molecule has 3 aliphatic rings. The number of esters is 1. The average molecular weight is 614 g/mol. The first-order chi connectivity index (χ1) is 20.6. The Hall–Kier alpha value is -3.99. The van der Waals surface area contributed by atoms with Gasteiger partial charge in [0.25, 0.3) is 0 Å². The van der Waals surface area contributed by atoms with Gasteiger partial charge in [-0.2, -0.15) is 0 Å². The topological polar surface area (TPSA) is 131 Å². The van der Waals surface area contributed by atoms with Crippen LogP contribution in [0.5, 0.6) is 0 Å². The predicted octanol–water partition coefficient (Wildman–Crippen LogP) is 5.37. The lowest BCUT2D eigenvalue weighted by molar-refractivity contribution is -0.141. The first-order valence-electron chi connectivity index (χ1n) is 14.4. The van der Waals surface area contributed by atoms with E-state index in [2.05, 4.69) is 10.6 Å². The molecule has 5 rings (SSSR count). The lowest BCUT2D eigenvalue weighted by atomic mass is 9.81. The van der Waals surface area contributed by atoms with E-state index in [1.54, 1.807) is 23.1 Å². The van der Waals surface area contributed by atoms with Gasteiger partial charge in [0.2, 0.25) is 11.8 Å². The number of anilines is 2. The lowest BCUT2D eigenvalue weighted by Gasteiger charge is -2.44. The van der Waals surface area contributed by atoms with Crippen LogP contribution in [0.25, 0.3) is 0 Å². The molecular formula is C31H33ClFN3O7. The van der Waals surface area contributed by atoms with E-state index in [4.69, 9.17) is 21.1 Å². The molecule has 3 heterocycles. The second-order valence-electron chi connectivity index (χ2n) is 11.2. The van der Waals surface area contributed by atoms with Crippen LogP contribution in [-0.2, 0) is 35.9 Å². The highest BCUT2D eigenvalue weighted by Crippen LogP contribution is 2.46. The van der Waals surface area contributed by atoms with Crippen LogP contribution in [0.3, 0.4) is 0 Å². The van der Waals surface area contributed by atoms with E-state index in [0.717, 1.165) is 0 Å². The Labute approximate surface area is 253 Å². The van der Waals surface area contributed by atoms with E-state index >= 15 is 4.39 Å². The van der Waals surface area contributed by atoms with E-state index < -0.39 is 29.4 Å². The molecule has 0 bridgehead atoms. The maximum Gasteiger partial charge on any atom is 0.412 e. The van der Waals surface area contributed by atoms with Crippen molar-refractivity contribution in [2.24, 2.45) is 5.92 Å². The molecular weight excluding hydrogens is 581 g/mol. The molecule has 0 aromatic heterocycles. The molecule has 0 radical (unpaired) electrons. The molecule has 1 saturated heterocycles. The highest BCUT2D eigenvalue weighted by Gasteiger charge is 2.48. The highest BCUT2D eigenvalue weighted by molar-refractivity contribution is 6.31. The van der Waals surface area contributed by atoms with E-state index in [-0.39, 0.29) is 78.9 Å². The number of fused-ring (bicyclic) bond motifs is 3. The maximum atomic E-state index is 15.2. The van der Waals surface area contributed by atoms with Gasteiger partial charge in [0.05, 0.1) is 35.5 Å². The summed E-state index contributed by atoms with van der Waals surface area (Å²) in [7, 11) is 1.28. The number of ketones is 1. The van der Waals surface area contributed by atoms with E-state index in [9.17, 15) is 24.0 Å². The molecule has 10 nitrogen and oxygen atoms in total. The van der Waals surface area contributed by atoms with Crippen molar-refractivity contribution in [3.63, 3.8) is 0 Å². The minimum Gasteiger partial charge on any atom is -0.469 e. The zero-order valence-electron chi connectivity index (χ0n) is 23.8. The van der Waals surface area contributed by atoms with Crippen LogP contribution < -0.4 is 10.6 Å². The molecule has 3 amide bonds. The Morgan fingerprint density at radius 2 is 1.84 bits per heavy atom. The smallest absolute Gasteiger partial charge is 0.412 e. The van der Waals surface area contributed by atoms with Gasteiger partial charge in [-0.15, -0.1) is 0 Å². The summed E-state index contributed by atoms with van der Waals surface area (Å²) in [4.78, 5) is 65.7. The summed E-state index contributed by atoms with van der Waals surface area (Å²) in [6.07, 6.45) is 2.31. The van der Waals surface area contributed by atoms with Crippen molar-refractivity contribution < 1.29 is 37.8 Å². The standard InChI is InChI=1S/C31H33ClFN3O7/c1-42-26(39)16-18-7-8-20-23(15-18)34-25(38)6-4-2-3-5-19(17-24(20)37)29(40)36-13-11-31(12-14-36)27-22(35-30(41)43-31)10-9-21(32)28(27)33/h7-10,15,19H,2-6,11-14,16-17H2,1H3,(H,34,38)(H,35,41)/t19-/m0/s1. The molecule has 2 N–H and O–H groups in total. The Balaban J connectivity index is 1.35. The quantitative estimate of drug-likeness (QED) is 0.445. The average Bonchev–Trinajstić information content (AvgIpc) is 2.97. The molecule has 3 aliphatic heterocycles. The van der Waals surface area contributed by atoms with Crippen molar-refractivity contribution in [1.82, 2.24) is 4.90 Å². The van der Waals surface area contributed by atoms with Crippen LogP contribution in [0.4, 0.5) is 20.6 Å². The fraction of sp³-hybridized carbons (Fsp3) is 0.452. The number of nitrogens with zero attached hydrogens (tertiary/aromatic N) is 1. The minimum atomic E-state index is -1.26. The molecule has 1 spiro atoms. The second-order valence-corrected chi connectivity index (χ2v) is 11.6. The number of carbonyl (C=O) groups excluding carboxylic acids is 5. The van der Waals surface area contributed by atoms with Crippen molar-refractivity contribution in [2.45, 2.75) is 63.4 Å². The maximum absolute atomic E-state index is 15.2. The van der Waals surface area contributed by atoms with E-state index in [1.807, 2.05) is 0 Å². The fourth-order valence-electron chi connectivity index (χ4n) is 6.16. The normalized spacial score (nSPS) is 20.4. The van der Waals surface area contributed by atoms with Crippen molar-refractivity contribution in [3.05, 3.63) is 57.9 Å². The number of likely N-dealkylation sites (tertiary alicyclic amines) is 1. The van der Waals surface area contributed by atoms with Crippen LogP contribution in [0.15, 0.2) is 30.3 Å². The molecule has 0 saturated carbocycles. The number of ether oxygens (including phenoxy) is 2. The first-order valence-corrected chi connectivity index (χ1v) is 14.8. The summed E-state index contributed by atoms with van der Waals surface area (Å²) in [5, 5.41) is 5.24. The summed E-state index contributed by atoms with van der Waals surface area (Å²) in [5.41, 5.74) is 0.365. The van der Waals surface area contributed by atoms with Gasteiger partial charge < -0.3 is 19.7 Å². The van der Waals surface area contributed by atoms with Gasteiger partial charge in [-0.05, 0) is 42.7 Å². The van der Waals surface area contributed by atoms with E-state index in [1.165, 1.54) is 19.2 Å². The zero-order valence-corrected chi connectivity index (χ0v) is 24.6. The van der Waals surface area contributed by atoms with Gasteiger partial charge in [0.1, 0.15) is 5.60 Å². The van der Waals surface area contributed by atoms with Gasteiger partial charge in [-0.25, -0.2) is 9.18 Å². The minimum absolute atomic E-state index is 0.0165. The second kappa shape index (κ2) is 12.7. The third-order valence-electron chi connectivity index (χ3n) is 8.43. The number of amides is 3. The number of carbonyl (C=O) groups is 5. The summed E-state index contributed by atoms with van der Waals surface area (Å²) in [5.74, 6) is -2.44. The summed E-state index contributed by atoms with van der Waals surface area (Å²) < 4.78 is 25.5. The molecule has 12 heteroatoms. The number of hydrogen-bond acceptors (Lipinski definition) is 7. The Morgan fingerprint density at radius 3 is 2.58 bits per heavy atom. The Kier molecular flexibility index (Phi) is 9.00. The summed E-state index contributed by atoms with van der Waals surface area (Å²) >= 11 is 6.05. The van der Waals surface area contributed by atoms with Gasteiger partial charge >= 0.3 is 12.1 Å². The molecule has 2 aromatic carbocycles. The number of nitrogens with one attached hydrogen (secondary N) is 2. The van der Waals surface area contributed by atoms with Crippen LogP contribution in [-0.4, -0.2) is 54.8 Å². The molecule has 228 valence electrons. The van der Waals surface area contributed by atoms with Crippen LogP contribution in [0.1, 0.15) is 72.9 Å². The van der Waals surface area contributed by atoms with Crippen LogP contribution in [0, 0.1) is 11.7 Å². The summed E-state index contributed by atoms with van der Waals surface area (Å²) in [6, 6.07) is 7.71. The van der Waals surface area contributed by atoms with Crippen molar-refractivity contribution in [2.75, 3.05) is 30.8 Å². The third-order valence-corrected chi connectivity index (χ3v) is 8.72. The van der Waals surface area contributed by atoms with Gasteiger partial charge in [-0.3, -0.25) is 24.5 Å². The molecule has 1 fully saturated rings. The highest BCUT2D eigenvalue weighted by atomic mass is 35.5. The summed E-state index contributed by atoms with van der Waals surface area (Å²) in [6.45, 7) is 0.400. The number of methoxy groups -OCH3 is 1. The fourth-order valence-corrected chi connectivity index (χ4v) is 6.32. The molecule has 0 aliphatic carbocycles. The van der Waals surface area contributed by atoms with Crippen molar-refractivity contribution in [3.8, 4) is 0 Å². The molecule has 2 aromatic rings. The number of Topliss-reactive ketones (excluding diaryl/α,β-unsaturated/α-hetero) is 1. The zero-order chi connectivity index (χ0) is 30.7. The lowest BCUT2D eigenvalue weighted by Crippen LogP contribution is -2.51. The van der Waals surface area contributed by atoms with Gasteiger partial charge in [-0.1, -0.05) is 30.5 Å². The number of piperidine rings is 1. The molecule has 0 unspecified atom stereocenters. The number of hydrogen-bond donors (Lipinski definition) is 2. The number of rotatable bonds is 3. The van der Waals surface area contributed by atoms with Crippen LogP contribution in [0.2, 0.25) is 5.02 Å². The van der Waals surface area contributed by atoms with Crippen LogP contribution >= 0.6 is 11.6 Å². The van der Waals surface area contributed by atoms with Crippen molar-refractivity contribution in [1.29, 1.82) is 0 Å². The number of halogens is 2. The van der Waals surface area contributed by atoms with Crippen molar-refractivity contribution >= 4 is 52.6 Å². The monoisotopic (exact) mass is 613 g/mol. The third kappa shape index (κ3) is 6.51. The molecule has 43 heavy (non-hydrogen) atoms. The van der Waals surface area contributed by atoms with Gasteiger partial charge in [0.15, 0.2) is 11.6 Å². The van der Waals surface area contributed by atoms with Gasteiger partial charge in [0, 0.05) is 50.3 Å². The Morgan fingerprint density at radius 1 is 1.07 bits per heavy atom. The van der Waals surface area contributed by atoms with E-state index in [0.29, 0.717) is 42.6 Å². The largest absolute Gasteiger partial charge is 0.469 e.